The van der Waals surface area contributed by atoms with E-state index in [0.29, 0.717) is 16.3 Å². The molecule has 4 rings (SSSR count). The molecule has 0 spiro atoms. The second-order valence-electron chi connectivity index (χ2n) is 5.75. The van der Waals surface area contributed by atoms with Gasteiger partial charge in [-0.3, -0.25) is 10.2 Å². The molecule has 0 atom stereocenters. The van der Waals surface area contributed by atoms with Crippen molar-refractivity contribution in [2.75, 3.05) is 0 Å². The van der Waals surface area contributed by atoms with Gasteiger partial charge in [0.25, 0.3) is 5.91 Å². The Balaban J connectivity index is 1.65. The van der Waals surface area contributed by atoms with Crippen LogP contribution in [0.3, 0.4) is 0 Å². The van der Waals surface area contributed by atoms with Crippen LogP contribution in [0.1, 0.15) is 5.76 Å². The quantitative estimate of drug-likeness (QED) is 0.528. The molecule has 6 nitrogen and oxygen atoms in total. The lowest BCUT2D eigenvalue weighted by Gasteiger charge is -2.19. The summed E-state index contributed by atoms with van der Waals surface area (Å²) in [4.78, 5) is 15.8. The first-order valence-electron chi connectivity index (χ1n) is 7.76. The molecule has 29 heavy (non-hydrogen) atoms. The molecule has 1 aromatic carbocycles. The van der Waals surface area contributed by atoms with E-state index in [1.807, 2.05) is 0 Å². The summed E-state index contributed by atoms with van der Waals surface area (Å²) in [5.74, 6) is -1.60. The van der Waals surface area contributed by atoms with Gasteiger partial charge in [0.2, 0.25) is 10.2 Å². The maximum Gasteiger partial charge on any atom is 0.441 e. The van der Waals surface area contributed by atoms with Crippen LogP contribution < -0.4 is 0 Å². The molecule has 0 unspecified atom stereocenters. The highest BCUT2D eigenvalue weighted by Gasteiger charge is 2.46. The van der Waals surface area contributed by atoms with Gasteiger partial charge in [-0.1, -0.05) is 11.6 Å². The molecule has 0 radical (unpaired) electrons. The Hall–Kier alpha value is -2.92. The SMILES string of the molecule is N=C1/C(=C\c2ccc(-c3ccc(F)c(Cl)c3)o2)C(=O)N=C2SC(C(F)(F)F)=NN12. The van der Waals surface area contributed by atoms with Gasteiger partial charge in [0, 0.05) is 5.56 Å². The average molecular weight is 443 g/mol. The highest BCUT2D eigenvalue weighted by molar-refractivity contribution is 8.27. The Bertz CT molecular complexity index is 1150. The van der Waals surface area contributed by atoms with E-state index in [4.69, 9.17) is 21.4 Å². The zero-order valence-electron chi connectivity index (χ0n) is 13.9. The van der Waals surface area contributed by atoms with E-state index >= 15 is 0 Å². The van der Waals surface area contributed by atoms with Crippen molar-refractivity contribution in [2.45, 2.75) is 6.18 Å². The van der Waals surface area contributed by atoms with Gasteiger partial charge < -0.3 is 4.42 Å². The molecular weight excluding hydrogens is 436 g/mol. The maximum atomic E-state index is 13.3. The number of thioether (sulfide) groups is 1. The summed E-state index contributed by atoms with van der Waals surface area (Å²) in [6, 6.07) is 6.97. The highest BCUT2D eigenvalue weighted by atomic mass is 35.5. The Morgan fingerprint density at radius 3 is 2.69 bits per heavy atom. The number of amides is 1. The number of amidine groups is 2. The van der Waals surface area contributed by atoms with Crippen LogP contribution in [-0.4, -0.2) is 33.1 Å². The van der Waals surface area contributed by atoms with Crippen molar-refractivity contribution in [1.82, 2.24) is 5.01 Å². The first-order valence-corrected chi connectivity index (χ1v) is 8.95. The summed E-state index contributed by atoms with van der Waals surface area (Å²) in [5, 5.41) is 10.3. The molecule has 3 heterocycles. The molecule has 12 heteroatoms. The van der Waals surface area contributed by atoms with Crippen LogP contribution in [0.2, 0.25) is 5.02 Å². The van der Waals surface area contributed by atoms with Gasteiger partial charge in [0.05, 0.1) is 10.6 Å². The smallest absolute Gasteiger partial charge is 0.441 e. The van der Waals surface area contributed by atoms with Crippen molar-refractivity contribution in [2.24, 2.45) is 10.1 Å². The number of nitrogens with zero attached hydrogens (tertiary/aromatic N) is 3. The van der Waals surface area contributed by atoms with Crippen LogP contribution in [0.15, 0.2) is 50.4 Å². The molecule has 2 aliphatic rings. The monoisotopic (exact) mass is 442 g/mol. The second-order valence-corrected chi connectivity index (χ2v) is 7.12. The molecule has 1 aromatic heterocycles. The van der Waals surface area contributed by atoms with Crippen molar-refractivity contribution in [1.29, 1.82) is 5.41 Å². The fourth-order valence-corrected chi connectivity index (χ4v) is 3.42. The summed E-state index contributed by atoms with van der Waals surface area (Å²) >= 11 is 5.91. The highest BCUT2D eigenvalue weighted by Crippen LogP contribution is 2.35. The van der Waals surface area contributed by atoms with Crippen LogP contribution in [-0.2, 0) is 4.79 Å². The van der Waals surface area contributed by atoms with Crippen LogP contribution in [0, 0.1) is 11.2 Å². The van der Waals surface area contributed by atoms with Crippen LogP contribution in [0.4, 0.5) is 17.6 Å². The lowest BCUT2D eigenvalue weighted by Crippen LogP contribution is -2.35. The Labute approximate surface area is 169 Å². The number of carbonyl (C=O) groups is 1. The van der Waals surface area contributed by atoms with Gasteiger partial charge in [-0.05, 0) is 48.2 Å². The van der Waals surface area contributed by atoms with Crippen LogP contribution in [0.5, 0.6) is 0 Å². The van der Waals surface area contributed by atoms with E-state index in [1.165, 1.54) is 30.3 Å². The summed E-state index contributed by atoms with van der Waals surface area (Å²) in [7, 11) is 0. The molecule has 2 aromatic rings. The molecule has 1 amide bonds. The van der Waals surface area contributed by atoms with Gasteiger partial charge in [0.15, 0.2) is 5.84 Å². The Morgan fingerprint density at radius 2 is 2.00 bits per heavy atom. The lowest BCUT2D eigenvalue weighted by molar-refractivity contribution is -0.114. The first-order chi connectivity index (χ1) is 13.6. The third-order valence-corrected chi connectivity index (χ3v) is 5.06. The lowest BCUT2D eigenvalue weighted by atomic mass is 10.1. The zero-order chi connectivity index (χ0) is 20.9. The topological polar surface area (TPSA) is 82.0 Å². The van der Waals surface area contributed by atoms with Gasteiger partial charge in [0.1, 0.15) is 17.3 Å². The van der Waals surface area contributed by atoms with Crippen molar-refractivity contribution in [3.63, 3.8) is 0 Å². The molecule has 0 aliphatic carbocycles. The van der Waals surface area contributed by atoms with E-state index < -0.39 is 28.8 Å². The number of furan rings is 1. The van der Waals surface area contributed by atoms with E-state index in [1.54, 1.807) is 0 Å². The maximum absolute atomic E-state index is 13.3. The second kappa shape index (κ2) is 6.85. The summed E-state index contributed by atoms with van der Waals surface area (Å²) in [6.07, 6.45) is -3.55. The Morgan fingerprint density at radius 1 is 1.24 bits per heavy atom. The number of halogens is 5. The third-order valence-electron chi connectivity index (χ3n) is 3.81. The minimum Gasteiger partial charge on any atom is -0.457 e. The number of rotatable bonds is 2. The van der Waals surface area contributed by atoms with Gasteiger partial charge in [-0.2, -0.15) is 28.3 Å². The molecule has 0 bridgehead atoms. The van der Waals surface area contributed by atoms with Crippen LogP contribution >= 0.6 is 23.4 Å². The van der Waals surface area contributed by atoms with E-state index in [0.717, 1.165) is 6.07 Å². The third kappa shape index (κ3) is 3.58. The minimum absolute atomic E-state index is 0.102. The normalized spacial score (nSPS) is 18.2. The number of hydrogen-bond donors (Lipinski definition) is 1. The van der Waals surface area contributed by atoms with Gasteiger partial charge >= 0.3 is 6.18 Å². The first kappa shape index (κ1) is 19.4. The number of carbonyl (C=O) groups excluding carboxylic acids is 1. The van der Waals surface area contributed by atoms with Gasteiger partial charge in [-0.25, -0.2) is 4.39 Å². The summed E-state index contributed by atoms with van der Waals surface area (Å²) in [5.41, 5.74) is 0.182. The minimum atomic E-state index is -4.72. The van der Waals surface area contributed by atoms with E-state index in [2.05, 4.69) is 10.1 Å². The zero-order valence-corrected chi connectivity index (χ0v) is 15.5. The Kier molecular flexibility index (Phi) is 4.58. The van der Waals surface area contributed by atoms with Crippen molar-refractivity contribution in [3.8, 4) is 11.3 Å². The molecule has 148 valence electrons. The van der Waals surface area contributed by atoms with Crippen molar-refractivity contribution >= 4 is 51.4 Å². The van der Waals surface area contributed by atoms with Crippen LogP contribution in [0.25, 0.3) is 17.4 Å². The fraction of sp³-hybridized carbons (Fsp3) is 0.0588. The van der Waals surface area contributed by atoms with E-state index in [9.17, 15) is 22.4 Å². The standard InChI is InChI=1S/C17H7ClF4N4O2S/c18-10-5-7(1-3-11(10)19)12-4-2-8(28-12)6-9-13(23)26-16(24-14(9)27)29-15(25-26)17(20,21)22/h1-6,23H/b9-6+,23-13?. The molecule has 0 saturated carbocycles. The molecule has 0 fully saturated rings. The van der Waals surface area contributed by atoms with E-state index in [-0.39, 0.29) is 33.3 Å². The molecule has 2 aliphatic heterocycles. The molecule has 1 N–H and O–H groups in total. The molecule has 0 saturated heterocycles. The fourth-order valence-electron chi connectivity index (χ4n) is 2.48. The summed E-state index contributed by atoms with van der Waals surface area (Å²) in [6.45, 7) is 0. The number of aliphatic imine (C=N–C) groups is 1. The number of alkyl halides is 3. The number of hydrazone groups is 1. The largest absolute Gasteiger partial charge is 0.457 e. The number of hydrogen-bond acceptors (Lipinski definition) is 5. The van der Waals surface area contributed by atoms with Crippen molar-refractivity contribution < 1.29 is 26.8 Å². The number of nitrogens with one attached hydrogen (secondary N) is 1. The average Bonchev–Trinajstić information content (AvgIpc) is 3.28. The predicted octanol–water partition coefficient (Wildman–Crippen LogP) is 4.92. The number of fused-ring (bicyclic) bond motifs is 1. The summed E-state index contributed by atoms with van der Waals surface area (Å²) < 4.78 is 57.4. The predicted molar refractivity (Wildman–Crippen MR) is 100 cm³/mol. The van der Waals surface area contributed by atoms with Crippen molar-refractivity contribution in [3.05, 3.63) is 52.5 Å². The number of benzene rings is 1. The van der Waals surface area contributed by atoms with Gasteiger partial charge in [-0.15, -0.1) is 0 Å². The molecular formula is C17H7ClF4N4O2S.